The second kappa shape index (κ2) is 9.87. The number of nitrogens with one attached hydrogen (secondary N) is 2. The highest BCUT2D eigenvalue weighted by Gasteiger charge is 2.15. The number of hydrogen-bond donors (Lipinski definition) is 2. The van der Waals surface area contributed by atoms with Gasteiger partial charge in [-0.1, -0.05) is 54.1 Å². The van der Waals surface area contributed by atoms with Gasteiger partial charge < -0.3 is 15.1 Å². The third-order valence-corrected chi connectivity index (χ3v) is 6.98. The van der Waals surface area contributed by atoms with E-state index in [1.54, 1.807) is 22.8 Å². The minimum Gasteiger partial charge on any atom is -0.455 e. The zero-order valence-corrected chi connectivity index (χ0v) is 21.9. The fourth-order valence-corrected chi connectivity index (χ4v) is 5.12. The van der Waals surface area contributed by atoms with Gasteiger partial charge in [0.25, 0.3) is 0 Å². The largest absolute Gasteiger partial charge is 0.455 e. The molecular formula is C32H22ClN5O2. The molecule has 0 saturated carbocycles. The van der Waals surface area contributed by atoms with Crippen molar-refractivity contribution in [3.63, 3.8) is 0 Å². The maximum absolute atomic E-state index is 12.5. The molecule has 1 amide bonds. The van der Waals surface area contributed by atoms with Crippen molar-refractivity contribution in [1.29, 1.82) is 0 Å². The number of carbonyl (C=O) groups excluding carboxylic acids is 1. The van der Waals surface area contributed by atoms with E-state index in [1.165, 1.54) is 0 Å². The summed E-state index contributed by atoms with van der Waals surface area (Å²) in [7, 11) is 0. The van der Waals surface area contributed by atoms with Crippen LogP contribution in [-0.2, 0) is 11.2 Å². The molecule has 7 aromatic rings. The zero-order valence-electron chi connectivity index (χ0n) is 21.1. The maximum atomic E-state index is 12.5. The molecular weight excluding hydrogens is 522 g/mol. The van der Waals surface area contributed by atoms with Crippen molar-refractivity contribution in [1.82, 2.24) is 14.6 Å². The molecule has 7 rings (SSSR count). The first-order valence-electron chi connectivity index (χ1n) is 12.8. The molecule has 0 unspecified atom stereocenters. The third kappa shape index (κ3) is 4.52. The number of benzene rings is 4. The monoisotopic (exact) mass is 543 g/mol. The number of aromatic nitrogens is 3. The number of anilines is 3. The molecule has 0 bridgehead atoms. The SMILES string of the molecule is O=C(Cc1cccc(Cl)c1)Nc1ccc(Nc2nc(-c3cccc4c3oc3ccccc34)cc3ccnn23)cc1. The molecule has 0 saturated heterocycles. The standard InChI is InChI=1S/C32H22ClN5O2/c33-21-6-3-5-20(17-21)18-30(39)35-22-11-13-23(14-12-22)36-32-37-28(19-24-15-16-34-38(24)32)27-9-4-8-26-25-7-1-2-10-29(25)40-31(26)27/h1-17,19H,18H2,(H,35,39)(H,36,37). The van der Waals surface area contributed by atoms with Crippen molar-refractivity contribution in [3.8, 4) is 11.3 Å². The minimum absolute atomic E-state index is 0.115. The van der Waals surface area contributed by atoms with Gasteiger partial charge in [0.05, 0.1) is 23.8 Å². The Morgan fingerprint density at radius 1 is 0.850 bits per heavy atom. The van der Waals surface area contributed by atoms with Gasteiger partial charge in [0, 0.05) is 32.7 Å². The first-order chi connectivity index (χ1) is 19.6. The van der Waals surface area contributed by atoms with E-state index in [2.05, 4.69) is 27.9 Å². The van der Waals surface area contributed by atoms with Crippen LogP contribution < -0.4 is 10.6 Å². The molecule has 40 heavy (non-hydrogen) atoms. The summed E-state index contributed by atoms with van der Waals surface area (Å²) in [6.07, 6.45) is 1.98. The maximum Gasteiger partial charge on any atom is 0.229 e. The van der Waals surface area contributed by atoms with Gasteiger partial charge in [0.2, 0.25) is 11.9 Å². The van der Waals surface area contributed by atoms with Gasteiger partial charge in [-0.05, 0) is 66.2 Å². The molecule has 0 aliphatic rings. The summed E-state index contributed by atoms with van der Waals surface area (Å²) in [4.78, 5) is 17.4. The Bertz CT molecular complexity index is 2030. The van der Waals surface area contributed by atoms with Crippen LogP contribution in [0.15, 0.2) is 114 Å². The lowest BCUT2D eigenvalue weighted by atomic mass is 10.1. The van der Waals surface area contributed by atoms with Crippen LogP contribution in [0.25, 0.3) is 38.7 Å². The molecule has 0 radical (unpaired) electrons. The van der Waals surface area contributed by atoms with Crippen LogP contribution in [-0.4, -0.2) is 20.5 Å². The van der Waals surface area contributed by atoms with Crippen molar-refractivity contribution in [2.45, 2.75) is 6.42 Å². The summed E-state index contributed by atoms with van der Waals surface area (Å²) in [5.74, 6) is 0.443. The number of halogens is 1. The Labute approximate surface area is 234 Å². The zero-order chi connectivity index (χ0) is 27.1. The van der Waals surface area contributed by atoms with Crippen molar-refractivity contribution in [3.05, 3.63) is 120 Å². The Morgan fingerprint density at radius 2 is 1.65 bits per heavy atom. The molecule has 0 aliphatic heterocycles. The highest BCUT2D eigenvalue weighted by Crippen LogP contribution is 2.36. The highest BCUT2D eigenvalue weighted by atomic mass is 35.5. The van der Waals surface area contributed by atoms with Gasteiger partial charge in [-0.25, -0.2) is 9.50 Å². The summed E-state index contributed by atoms with van der Waals surface area (Å²) < 4.78 is 8.01. The van der Waals surface area contributed by atoms with Crippen LogP contribution in [0, 0.1) is 0 Å². The van der Waals surface area contributed by atoms with Crippen LogP contribution in [0.2, 0.25) is 5.02 Å². The summed E-state index contributed by atoms with van der Waals surface area (Å²) in [5.41, 5.74) is 6.55. The van der Waals surface area contributed by atoms with Gasteiger partial charge in [-0.3, -0.25) is 4.79 Å². The van der Waals surface area contributed by atoms with E-state index in [1.807, 2.05) is 78.9 Å². The third-order valence-electron chi connectivity index (χ3n) is 6.74. The number of amides is 1. The Hall–Kier alpha value is -5.14. The second-order valence-electron chi connectivity index (χ2n) is 9.47. The average molecular weight is 544 g/mol. The molecule has 3 aromatic heterocycles. The lowest BCUT2D eigenvalue weighted by molar-refractivity contribution is -0.115. The Morgan fingerprint density at radius 3 is 2.52 bits per heavy atom. The number of fused-ring (bicyclic) bond motifs is 4. The number of para-hydroxylation sites is 2. The predicted octanol–water partition coefficient (Wildman–Crippen LogP) is 7.87. The van der Waals surface area contributed by atoms with E-state index in [-0.39, 0.29) is 12.3 Å². The van der Waals surface area contributed by atoms with E-state index in [9.17, 15) is 4.79 Å². The molecule has 4 aromatic carbocycles. The van der Waals surface area contributed by atoms with E-state index in [4.69, 9.17) is 21.0 Å². The summed E-state index contributed by atoms with van der Waals surface area (Å²) in [6, 6.07) is 32.8. The predicted molar refractivity (Wildman–Crippen MR) is 159 cm³/mol. The number of hydrogen-bond acceptors (Lipinski definition) is 5. The molecule has 0 fully saturated rings. The van der Waals surface area contributed by atoms with Gasteiger partial charge in [-0.15, -0.1) is 0 Å². The quantitative estimate of drug-likeness (QED) is 0.223. The molecule has 0 spiro atoms. The molecule has 7 nitrogen and oxygen atoms in total. The lowest BCUT2D eigenvalue weighted by Gasteiger charge is -2.11. The van der Waals surface area contributed by atoms with Crippen molar-refractivity contribution in [2.24, 2.45) is 0 Å². The van der Waals surface area contributed by atoms with Crippen molar-refractivity contribution in [2.75, 3.05) is 10.6 Å². The average Bonchev–Trinajstić information content (AvgIpc) is 3.59. The van der Waals surface area contributed by atoms with Gasteiger partial charge in [-0.2, -0.15) is 5.10 Å². The first kappa shape index (κ1) is 23.9. The van der Waals surface area contributed by atoms with Gasteiger partial charge >= 0.3 is 0 Å². The van der Waals surface area contributed by atoms with Gasteiger partial charge in [0.15, 0.2) is 0 Å². The van der Waals surface area contributed by atoms with Crippen molar-refractivity contribution < 1.29 is 9.21 Å². The molecule has 194 valence electrons. The number of rotatable bonds is 6. The normalized spacial score (nSPS) is 11.3. The van der Waals surface area contributed by atoms with E-state index in [0.29, 0.717) is 16.7 Å². The minimum atomic E-state index is -0.115. The second-order valence-corrected chi connectivity index (χ2v) is 9.91. The van der Waals surface area contributed by atoms with Crippen molar-refractivity contribution >= 4 is 62.3 Å². The topological polar surface area (TPSA) is 84.5 Å². The fraction of sp³-hybridized carbons (Fsp3) is 0.0312. The summed E-state index contributed by atoms with van der Waals surface area (Å²) in [6.45, 7) is 0. The first-order valence-corrected chi connectivity index (χ1v) is 13.2. The van der Waals surface area contributed by atoms with E-state index >= 15 is 0 Å². The Balaban J connectivity index is 1.17. The number of furan rings is 1. The molecule has 2 N–H and O–H groups in total. The fourth-order valence-electron chi connectivity index (χ4n) is 4.90. The smallest absolute Gasteiger partial charge is 0.229 e. The van der Waals surface area contributed by atoms with Crippen LogP contribution in [0.3, 0.4) is 0 Å². The van der Waals surface area contributed by atoms with Crippen LogP contribution >= 0.6 is 11.6 Å². The molecule has 8 heteroatoms. The number of nitrogens with zero attached hydrogens (tertiary/aromatic N) is 3. The molecule has 3 heterocycles. The number of carbonyl (C=O) groups is 1. The summed E-state index contributed by atoms with van der Waals surface area (Å²) in [5, 5.41) is 13.5. The Kier molecular flexibility index (Phi) is 5.91. The molecule has 0 aliphatic carbocycles. The van der Waals surface area contributed by atoms with Gasteiger partial charge in [0.1, 0.15) is 11.2 Å². The van der Waals surface area contributed by atoms with Crippen LogP contribution in [0.1, 0.15) is 5.56 Å². The highest BCUT2D eigenvalue weighted by molar-refractivity contribution is 6.30. The molecule has 0 atom stereocenters. The lowest BCUT2D eigenvalue weighted by Crippen LogP contribution is -2.14. The van der Waals surface area contributed by atoms with Crippen LogP contribution in [0.5, 0.6) is 0 Å². The van der Waals surface area contributed by atoms with E-state index in [0.717, 1.165) is 50.0 Å². The summed E-state index contributed by atoms with van der Waals surface area (Å²) >= 11 is 6.03. The van der Waals surface area contributed by atoms with Crippen LogP contribution in [0.4, 0.5) is 17.3 Å². The van der Waals surface area contributed by atoms with E-state index < -0.39 is 0 Å².